The smallest absolute Gasteiger partial charge is 0.333 e. The number of Topliss-reactive ketones (excluding diaryl/α,β-unsaturated/α-hetero) is 1. The number of urea groups is 1. The van der Waals surface area contributed by atoms with E-state index in [1.807, 2.05) is 10.8 Å². The molecule has 39 heavy (non-hydrogen) atoms. The number of amides is 3. The lowest BCUT2D eigenvalue weighted by Crippen LogP contribution is -2.52. The monoisotopic (exact) mass is 568 g/mol. The third kappa shape index (κ3) is 5.13. The van der Waals surface area contributed by atoms with Crippen LogP contribution in [0.15, 0.2) is 36.4 Å². The van der Waals surface area contributed by atoms with Crippen LogP contribution in [0.4, 0.5) is 9.80 Å². The molecule has 0 saturated carbocycles. The normalized spacial score (nSPS) is 16.2. The summed E-state index contributed by atoms with van der Waals surface area (Å²) >= 11 is 1.11. The highest BCUT2D eigenvalue weighted by Gasteiger charge is 2.44. The number of piperidine rings is 1. The SMILES string of the molecule is COc1cccc2c(C(=O)N3CCC4(CC3)CC(=O)c3cc(C#N)ccc3O4)c(NC(=O)NS(C)(=O)=O)sc12. The van der Waals surface area contributed by atoms with Crippen LogP contribution in [0.2, 0.25) is 0 Å². The molecule has 3 heterocycles. The van der Waals surface area contributed by atoms with E-state index in [1.54, 1.807) is 35.2 Å². The number of carbonyl (C=O) groups excluding carboxylic acids is 3. The number of sulfonamides is 1. The maximum atomic E-state index is 13.8. The second-order valence-corrected chi connectivity index (χ2v) is 12.2. The van der Waals surface area contributed by atoms with Crippen LogP contribution < -0.4 is 19.5 Å². The first-order chi connectivity index (χ1) is 18.5. The minimum absolute atomic E-state index is 0.104. The van der Waals surface area contributed by atoms with E-state index in [-0.39, 0.29) is 28.7 Å². The highest BCUT2D eigenvalue weighted by molar-refractivity contribution is 7.89. The summed E-state index contributed by atoms with van der Waals surface area (Å²) in [5.41, 5.74) is 0.241. The van der Waals surface area contributed by atoms with Crippen molar-refractivity contribution in [3.8, 4) is 17.6 Å². The number of rotatable bonds is 4. The zero-order valence-electron chi connectivity index (χ0n) is 21.1. The molecule has 202 valence electrons. The average Bonchev–Trinajstić information content (AvgIpc) is 3.25. The molecule has 3 amide bonds. The molecule has 1 aromatic heterocycles. The van der Waals surface area contributed by atoms with Crippen molar-refractivity contribution in [3.05, 3.63) is 53.1 Å². The van der Waals surface area contributed by atoms with Gasteiger partial charge in [-0.3, -0.25) is 14.9 Å². The van der Waals surface area contributed by atoms with Gasteiger partial charge in [0.15, 0.2) is 5.78 Å². The Balaban J connectivity index is 1.41. The average molecular weight is 569 g/mol. The molecule has 1 fully saturated rings. The van der Waals surface area contributed by atoms with Gasteiger partial charge in [-0.15, -0.1) is 11.3 Å². The number of thiophene rings is 1. The third-order valence-electron chi connectivity index (χ3n) is 6.80. The zero-order valence-corrected chi connectivity index (χ0v) is 22.7. The first-order valence-electron chi connectivity index (χ1n) is 12.0. The Morgan fingerprint density at radius 1 is 1.21 bits per heavy atom. The largest absolute Gasteiger partial charge is 0.495 e. The lowest BCUT2D eigenvalue weighted by molar-refractivity contribution is -0.00563. The zero-order chi connectivity index (χ0) is 27.9. The summed E-state index contributed by atoms with van der Waals surface area (Å²) in [5.74, 6) is 0.491. The first kappa shape index (κ1) is 26.5. The van der Waals surface area contributed by atoms with Gasteiger partial charge >= 0.3 is 6.03 Å². The highest BCUT2D eigenvalue weighted by atomic mass is 32.2. The predicted molar refractivity (Wildman–Crippen MR) is 144 cm³/mol. The van der Waals surface area contributed by atoms with E-state index in [4.69, 9.17) is 14.7 Å². The molecule has 2 N–H and O–H groups in total. The Kier molecular flexibility index (Phi) is 6.69. The minimum atomic E-state index is -3.82. The summed E-state index contributed by atoms with van der Waals surface area (Å²) in [5, 5.41) is 12.4. The van der Waals surface area contributed by atoms with Crippen molar-refractivity contribution in [2.24, 2.45) is 0 Å². The maximum absolute atomic E-state index is 13.8. The standard InChI is InChI=1S/C26H24N4O7S2/c1-36-20-5-3-4-16-21(23(38-22(16)20)28-25(33)29-39(2,34)35)24(32)30-10-8-26(9-11-30)13-18(31)17-12-15(14-27)6-7-19(17)37-26/h3-7,12H,8-11,13H2,1-2H3,(H2,28,29,33). The van der Waals surface area contributed by atoms with E-state index < -0.39 is 21.7 Å². The number of hydrogen-bond donors (Lipinski definition) is 2. The molecule has 3 aromatic rings. The van der Waals surface area contributed by atoms with Crippen molar-refractivity contribution >= 4 is 54.2 Å². The Bertz CT molecular complexity index is 1670. The van der Waals surface area contributed by atoms with Crippen LogP contribution in [0, 0.1) is 11.3 Å². The summed E-state index contributed by atoms with van der Waals surface area (Å²) in [4.78, 5) is 40.7. The molecular formula is C26H24N4O7S2. The fourth-order valence-electron chi connectivity index (χ4n) is 4.97. The number of nitriles is 1. The molecule has 1 saturated heterocycles. The number of nitrogens with one attached hydrogen (secondary N) is 2. The summed E-state index contributed by atoms with van der Waals surface area (Å²) < 4.78 is 37.2. The van der Waals surface area contributed by atoms with E-state index in [9.17, 15) is 22.8 Å². The van der Waals surface area contributed by atoms with Crippen LogP contribution in [0.1, 0.15) is 45.5 Å². The molecule has 2 aromatic carbocycles. The van der Waals surface area contributed by atoms with Crippen LogP contribution in [-0.2, 0) is 10.0 Å². The van der Waals surface area contributed by atoms with Gasteiger partial charge in [-0.25, -0.2) is 17.9 Å². The number of likely N-dealkylation sites (tertiary alicyclic amines) is 1. The molecule has 0 atom stereocenters. The molecule has 0 unspecified atom stereocenters. The fraction of sp³-hybridized carbons (Fsp3) is 0.308. The van der Waals surface area contributed by atoms with Crippen LogP contribution in [0.25, 0.3) is 10.1 Å². The van der Waals surface area contributed by atoms with E-state index in [1.165, 1.54) is 13.2 Å². The Hall–Kier alpha value is -4.15. The lowest BCUT2D eigenvalue weighted by Gasteiger charge is -2.44. The summed E-state index contributed by atoms with van der Waals surface area (Å²) in [6, 6.07) is 11.0. The number of ketones is 1. The minimum Gasteiger partial charge on any atom is -0.495 e. The molecule has 1 spiro atoms. The Morgan fingerprint density at radius 2 is 1.95 bits per heavy atom. The Labute approximate surface area is 228 Å². The van der Waals surface area contributed by atoms with Crippen LogP contribution in [0.3, 0.4) is 0 Å². The van der Waals surface area contributed by atoms with Gasteiger partial charge in [-0.1, -0.05) is 12.1 Å². The quantitative estimate of drug-likeness (QED) is 0.485. The molecular weight excluding hydrogens is 544 g/mol. The van der Waals surface area contributed by atoms with Gasteiger partial charge in [0.2, 0.25) is 10.0 Å². The highest BCUT2D eigenvalue weighted by Crippen LogP contribution is 2.43. The maximum Gasteiger partial charge on any atom is 0.333 e. The lowest BCUT2D eigenvalue weighted by atomic mass is 9.82. The first-order valence-corrected chi connectivity index (χ1v) is 14.7. The molecule has 2 aliphatic rings. The van der Waals surface area contributed by atoms with Gasteiger partial charge in [-0.05, 0) is 24.3 Å². The molecule has 11 nitrogen and oxygen atoms in total. The number of anilines is 1. The van der Waals surface area contributed by atoms with Gasteiger partial charge in [0.1, 0.15) is 22.1 Å². The fourth-order valence-corrected chi connectivity index (χ4v) is 6.54. The van der Waals surface area contributed by atoms with Gasteiger partial charge in [0.25, 0.3) is 5.91 Å². The van der Waals surface area contributed by atoms with Gasteiger partial charge in [-0.2, -0.15) is 5.26 Å². The van der Waals surface area contributed by atoms with E-state index in [2.05, 4.69) is 5.32 Å². The van der Waals surface area contributed by atoms with Crippen LogP contribution in [-0.4, -0.2) is 63.1 Å². The van der Waals surface area contributed by atoms with Crippen molar-refractivity contribution in [2.75, 3.05) is 31.8 Å². The van der Waals surface area contributed by atoms with Gasteiger partial charge in [0, 0.05) is 31.3 Å². The number of benzene rings is 2. The van der Waals surface area contributed by atoms with Crippen molar-refractivity contribution in [1.82, 2.24) is 9.62 Å². The third-order valence-corrected chi connectivity index (χ3v) is 8.49. The number of fused-ring (bicyclic) bond motifs is 2. The number of ether oxygens (including phenoxy) is 2. The van der Waals surface area contributed by atoms with Crippen molar-refractivity contribution in [3.63, 3.8) is 0 Å². The summed E-state index contributed by atoms with van der Waals surface area (Å²) in [6.07, 6.45) is 1.82. The second kappa shape index (κ2) is 9.87. The van der Waals surface area contributed by atoms with Crippen LogP contribution >= 0.6 is 11.3 Å². The number of nitrogens with zero attached hydrogens (tertiary/aromatic N) is 2. The number of methoxy groups -OCH3 is 1. The summed E-state index contributed by atoms with van der Waals surface area (Å²) in [6.45, 7) is 0.599. The summed E-state index contributed by atoms with van der Waals surface area (Å²) in [7, 11) is -2.33. The van der Waals surface area contributed by atoms with Crippen LogP contribution in [0.5, 0.6) is 11.5 Å². The molecule has 13 heteroatoms. The van der Waals surface area contributed by atoms with E-state index >= 15 is 0 Å². The predicted octanol–water partition coefficient (Wildman–Crippen LogP) is 3.50. The van der Waals surface area contributed by atoms with Crippen molar-refractivity contribution in [1.29, 1.82) is 5.26 Å². The second-order valence-electron chi connectivity index (χ2n) is 9.47. The number of carbonyl (C=O) groups is 3. The molecule has 5 rings (SSSR count). The Morgan fingerprint density at radius 3 is 2.62 bits per heavy atom. The topological polar surface area (TPSA) is 155 Å². The molecule has 2 aliphatic heterocycles. The molecule has 0 radical (unpaired) electrons. The molecule has 0 bridgehead atoms. The van der Waals surface area contributed by atoms with Crippen molar-refractivity contribution < 1.29 is 32.3 Å². The van der Waals surface area contributed by atoms with Crippen molar-refractivity contribution in [2.45, 2.75) is 24.9 Å². The molecule has 0 aliphatic carbocycles. The van der Waals surface area contributed by atoms with E-state index in [0.29, 0.717) is 58.6 Å². The number of hydrogen-bond acceptors (Lipinski definition) is 9. The van der Waals surface area contributed by atoms with Gasteiger partial charge in [0.05, 0.1) is 47.2 Å². The van der Waals surface area contributed by atoms with Gasteiger partial charge < -0.3 is 14.4 Å². The van der Waals surface area contributed by atoms with E-state index in [0.717, 1.165) is 17.6 Å².